The lowest BCUT2D eigenvalue weighted by Gasteiger charge is -2.38. The lowest BCUT2D eigenvalue weighted by atomic mass is 10.0. The Hall–Kier alpha value is -3.19. The van der Waals surface area contributed by atoms with Crippen LogP contribution in [0.1, 0.15) is 37.4 Å². The quantitative estimate of drug-likeness (QED) is 0.468. The van der Waals surface area contributed by atoms with Crippen molar-refractivity contribution < 1.29 is 9.13 Å². The number of likely N-dealkylation sites (N-methyl/N-ethyl adjacent to an activating group) is 1. The summed E-state index contributed by atoms with van der Waals surface area (Å²) in [6.45, 7) is 7.36. The molecule has 1 unspecified atom stereocenters. The van der Waals surface area contributed by atoms with Crippen molar-refractivity contribution in [3.63, 3.8) is 0 Å². The molecule has 8 nitrogen and oxygen atoms in total. The molecule has 0 saturated carbocycles. The summed E-state index contributed by atoms with van der Waals surface area (Å²) in [6.07, 6.45) is 3.41. The van der Waals surface area contributed by atoms with Gasteiger partial charge in [0.1, 0.15) is 18.2 Å². The van der Waals surface area contributed by atoms with Crippen LogP contribution in [-0.4, -0.2) is 72.8 Å². The Morgan fingerprint density at radius 3 is 2.88 bits per heavy atom. The number of halogens is 2. The molecule has 40 heavy (non-hydrogen) atoms. The Kier molecular flexibility index (Phi) is 7.43. The van der Waals surface area contributed by atoms with Crippen LogP contribution in [0, 0.1) is 17.1 Å². The number of likely N-dealkylation sites (tertiary alicyclic amines) is 1. The van der Waals surface area contributed by atoms with E-state index in [4.69, 9.17) is 26.3 Å². The van der Waals surface area contributed by atoms with Gasteiger partial charge in [0.15, 0.2) is 0 Å². The van der Waals surface area contributed by atoms with Crippen molar-refractivity contribution in [3.05, 3.63) is 52.4 Å². The van der Waals surface area contributed by atoms with Crippen LogP contribution in [0.4, 0.5) is 15.9 Å². The average molecular weight is 564 g/mol. The summed E-state index contributed by atoms with van der Waals surface area (Å²) in [6, 6.07) is 11.9. The zero-order valence-corrected chi connectivity index (χ0v) is 23.8. The first kappa shape index (κ1) is 27.0. The Morgan fingerprint density at radius 2 is 2.08 bits per heavy atom. The van der Waals surface area contributed by atoms with Gasteiger partial charge in [-0.05, 0) is 57.3 Å². The van der Waals surface area contributed by atoms with Gasteiger partial charge >= 0.3 is 6.01 Å². The van der Waals surface area contributed by atoms with Gasteiger partial charge in [-0.25, -0.2) is 4.39 Å². The lowest BCUT2D eigenvalue weighted by molar-refractivity contribution is 0.107. The third-order valence-corrected chi connectivity index (χ3v) is 9.18. The summed E-state index contributed by atoms with van der Waals surface area (Å²) in [4.78, 5) is 16.8. The van der Waals surface area contributed by atoms with Crippen LogP contribution in [-0.2, 0) is 13.0 Å². The second-order valence-corrected chi connectivity index (χ2v) is 11.8. The largest absolute Gasteiger partial charge is 0.461 e. The summed E-state index contributed by atoms with van der Waals surface area (Å²) in [5, 5.41) is 14.5. The number of aromatic nitrogens is 2. The predicted molar refractivity (Wildman–Crippen MR) is 156 cm³/mol. The van der Waals surface area contributed by atoms with E-state index in [1.807, 2.05) is 18.2 Å². The van der Waals surface area contributed by atoms with Gasteiger partial charge in [-0.2, -0.15) is 15.2 Å². The number of piperazine rings is 1. The van der Waals surface area contributed by atoms with E-state index in [1.165, 1.54) is 6.07 Å². The van der Waals surface area contributed by atoms with Crippen LogP contribution in [0.25, 0.3) is 10.8 Å². The number of hydrogen-bond acceptors (Lipinski definition) is 8. The highest BCUT2D eigenvalue weighted by Crippen LogP contribution is 2.38. The van der Waals surface area contributed by atoms with Gasteiger partial charge in [-0.1, -0.05) is 29.8 Å². The standard InChI is InChI=1S/C30H35ClFN7O/c1-30(11-4-14-37(30)2)19-40-29-35-24-18-38(25-6-3-5-20-7-8-23(32)27(31)26(20)25)15-10-22(24)28(36-29)39-16-13-34-21(17-39)9-12-33/h3,5-8,21,34H,4,9-11,13-19H2,1-2H3/t21-,30?/m0/s1. The zero-order valence-electron chi connectivity index (χ0n) is 23.1. The van der Waals surface area contributed by atoms with E-state index in [0.29, 0.717) is 32.1 Å². The predicted octanol–water partition coefficient (Wildman–Crippen LogP) is 4.54. The highest BCUT2D eigenvalue weighted by Gasteiger charge is 2.36. The maximum Gasteiger partial charge on any atom is 0.318 e. The van der Waals surface area contributed by atoms with Crippen molar-refractivity contribution in [2.75, 3.05) is 56.2 Å². The number of anilines is 2. The van der Waals surface area contributed by atoms with Crippen LogP contribution < -0.4 is 19.9 Å². The van der Waals surface area contributed by atoms with E-state index < -0.39 is 5.82 Å². The van der Waals surface area contributed by atoms with Crippen molar-refractivity contribution in [1.29, 1.82) is 5.26 Å². The Balaban J connectivity index is 1.36. The molecule has 10 heteroatoms. The minimum absolute atomic E-state index is 0.0534. The topological polar surface area (TPSA) is 80.5 Å². The minimum Gasteiger partial charge on any atom is -0.461 e. The molecule has 6 rings (SSSR count). The normalized spacial score (nSPS) is 23.3. The van der Waals surface area contributed by atoms with E-state index >= 15 is 0 Å². The Bertz CT molecular complexity index is 1460. The smallest absolute Gasteiger partial charge is 0.318 e. The zero-order chi connectivity index (χ0) is 27.9. The number of benzene rings is 2. The first-order valence-corrected chi connectivity index (χ1v) is 14.4. The fraction of sp³-hybridized carbons (Fsp3) is 0.500. The molecular formula is C30H35ClFN7O. The number of rotatable bonds is 6. The minimum atomic E-state index is -0.421. The number of nitriles is 1. The molecule has 2 saturated heterocycles. The Morgan fingerprint density at radius 1 is 1.20 bits per heavy atom. The highest BCUT2D eigenvalue weighted by atomic mass is 35.5. The van der Waals surface area contributed by atoms with Gasteiger partial charge in [-0.15, -0.1) is 0 Å². The van der Waals surface area contributed by atoms with E-state index in [-0.39, 0.29) is 16.6 Å². The second kappa shape index (κ2) is 11.0. The molecule has 0 aliphatic carbocycles. The average Bonchev–Trinajstić information content (AvgIpc) is 3.31. The van der Waals surface area contributed by atoms with E-state index in [0.717, 1.165) is 79.0 Å². The Labute approximate surface area is 239 Å². The number of hydrogen-bond donors (Lipinski definition) is 1. The van der Waals surface area contributed by atoms with Gasteiger partial charge in [0, 0.05) is 48.9 Å². The van der Waals surface area contributed by atoms with Crippen LogP contribution in [0.3, 0.4) is 0 Å². The third kappa shape index (κ3) is 5.05. The van der Waals surface area contributed by atoms with Crippen LogP contribution in [0.2, 0.25) is 5.02 Å². The number of fused-ring (bicyclic) bond motifs is 2. The lowest BCUT2D eigenvalue weighted by Crippen LogP contribution is -2.51. The maximum atomic E-state index is 14.5. The van der Waals surface area contributed by atoms with Crippen LogP contribution in [0.5, 0.6) is 6.01 Å². The third-order valence-electron chi connectivity index (χ3n) is 8.81. The molecule has 0 amide bonds. The van der Waals surface area contributed by atoms with Crippen molar-refractivity contribution in [2.24, 2.45) is 0 Å². The first-order valence-electron chi connectivity index (χ1n) is 14.1. The molecule has 3 aliphatic rings. The van der Waals surface area contributed by atoms with Crippen LogP contribution in [0.15, 0.2) is 30.3 Å². The van der Waals surface area contributed by atoms with Gasteiger partial charge in [0.2, 0.25) is 0 Å². The number of nitrogens with one attached hydrogen (secondary N) is 1. The van der Waals surface area contributed by atoms with Crippen molar-refractivity contribution in [1.82, 2.24) is 20.2 Å². The second-order valence-electron chi connectivity index (χ2n) is 11.4. The van der Waals surface area contributed by atoms with Gasteiger partial charge in [-0.3, -0.25) is 4.90 Å². The number of ether oxygens (including phenoxy) is 1. The molecule has 2 atom stereocenters. The molecule has 3 aromatic rings. The summed E-state index contributed by atoms with van der Waals surface area (Å²) in [5.41, 5.74) is 2.87. The van der Waals surface area contributed by atoms with E-state index in [9.17, 15) is 9.65 Å². The van der Waals surface area contributed by atoms with Crippen molar-refractivity contribution >= 4 is 33.9 Å². The molecule has 0 radical (unpaired) electrons. The molecule has 1 aromatic heterocycles. The molecule has 210 valence electrons. The summed E-state index contributed by atoms with van der Waals surface area (Å²) >= 11 is 6.48. The first-order chi connectivity index (χ1) is 19.4. The van der Waals surface area contributed by atoms with Gasteiger partial charge < -0.3 is 19.9 Å². The van der Waals surface area contributed by atoms with Gasteiger partial charge in [0.05, 0.1) is 35.3 Å². The summed E-state index contributed by atoms with van der Waals surface area (Å²) in [7, 11) is 2.14. The highest BCUT2D eigenvalue weighted by molar-refractivity contribution is 6.36. The maximum absolute atomic E-state index is 14.5. The molecule has 0 spiro atoms. The monoisotopic (exact) mass is 563 g/mol. The summed E-state index contributed by atoms with van der Waals surface area (Å²) < 4.78 is 20.8. The van der Waals surface area contributed by atoms with E-state index in [1.54, 1.807) is 6.07 Å². The number of nitrogens with zero attached hydrogens (tertiary/aromatic N) is 6. The molecule has 2 aromatic carbocycles. The molecule has 4 heterocycles. The van der Waals surface area contributed by atoms with E-state index in [2.05, 4.69) is 40.1 Å². The van der Waals surface area contributed by atoms with Crippen molar-refractivity contribution in [2.45, 2.75) is 50.7 Å². The SMILES string of the molecule is CN1CCCC1(C)COc1nc2c(c(N3CCN[C@@H](CC#N)C3)n1)CCN(c1cccc3ccc(F)c(Cl)c13)C2. The summed E-state index contributed by atoms with van der Waals surface area (Å²) in [5.74, 6) is 0.478. The molecule has 2 fully saturated rings. The molecule has 3 aliphatic heterocycles. The molecule has 1 N–H and O–H groups in total. The molecular weight excluding hydrogens is 529 g/mol. The fourth-order valence-corrected chi connectivity index (χ4v) is 6.57. The van der Waals surface area contributed by atoms with Crippen LogP contribution >= 0.6 is 11.6 Å². The molecule has 0 bridgehead atoms. The van der Waals surface area contributed by atoms with Crippen molar-refractivity contribution in [3.8, 4) is 12.1 Å². The van der Waals surface area contributed by atoms with Gasteiger partial charge in [0.25, 0.3) is 0 Å². The fourth-order valence-electron chi connectivity index (χ4n) is 6.30.